The average Bonchev–Trinajstić information content (AvgIpc) is 3.40. The van der Waals surface area contributed by atoms with Crippen molar-refractivity contribution in [1.82, 2.24) is 8.87 Å². The second kappa shape index (κ2) is 9.57. The lowest BCUT2D eigenvalue weighted by Crippen LogP contribution is -2.28. The highest BCUT2D eigenvalue weighted by atomic mass is 32.2. The molecule has 1 fully saturated rings. The van der Waals surface area contributed by atoms with Crippen LogP contribution in [-0.2, 0) is 21.4 Å². The number of aldehydes is 1. The van der Waals surface area contributed by atoms with E-state index < -0.39 is 10.0 Å². The molecule has 0 bridgehead atoms. The Hall–Kier alpha value is -2.84. The number of hydrogen-bond acceptors (Lipinski definition) is 5. The second-order valence-electron chi connectivity index (χ2n) is 8.50. The smallest absolute Gasteiger partial charge is 0.243 e. The molecule has 1 aliphatic heterocycles. The molecule has 4 rings (SSSR count). The summed E-state index contributed by atoms with van der Waals surface area (Å²) >= 11 is 0. The number of sulfonamides is 1. The highest BCUT2D eigenvalue weighted by molar-refractivity contribution is 7.89. The summed E-state index contributed by atoms with van der Waals surface area (Å²) in [6.45, 7) is 7.45. The van der Waals surface area contributed by atoms with E-state index in [9.17, 15) is 13.2 Å². The zero-order chi connectivity index (χ0) is 23.6. The molecule has 0 amide bonds. The lowest BCUT2D eigenvalue weighted by Gasteiger charge is -2.17. The van der Waals surface area contributed by atoms with Crippen LogP contribution in [0.5, 0.6) is 11.5 Å². The number of hydrogen-bond donors (Lipinski definition) is 0. The molecule has 0 N–H and O–H groups in total. The quantitative estimate of drug-likeness (QED) is 0.438. The molecular formula is C25H30N2O5S. The summed E-state index contributed by atoms with van der Waals surface area (Å²) in [7, 11) is -3.60. The Bertz CT molecular complexity index is 1230. The van der Waals surface area contributed by atoms with Crippen molar-refractivity contribution in [3.8, 4) is 11.5 Å². The standard InChI is InChI=1S/C25H30N2O5S/c1-4-31-21-7-10-23-24(17-26(13-14-28)25(23)15-21)19-11-12-27(16-19)33(29,30)22-8-5-20(6-9-22)32-18(2)3/h5-10,14-15,17-19H,4,11-13,16H2,1-3H3. The number of carbonyl (C=O) groups is 1. The molecule has 0 spiro atoms. The van der Waals surface area contributed by atoms with Crippen molar-refractivity contribution in [2.75, 3.05) is 19.7 Å². The van der Waals surface area contributed by atoms with Gasteiger partial charge in [0.25, 0.3) is 0 Å². The third kappa shape index (κ3) is 4.77. The minimum absolute atomic E-state index is 0.0257. The number of benzene rings is 2. The van der Waals surface area contributed by atoms with E-state index in [-0.39, 0.29) is 23.5 Å². The Balaban J connectivity index is 1.58. The van der Waals surface area contributed by atoms with Gasteiger partial charge in [-0.05, 0) is 69.2 Å². The first-order valence-corrected chi connectivity index (χ1v) is 12.7. The molecule has 1 saturated heterocycles. The Morgan fingerprint density at radius 2 is 1.85 bits per heavy atom. The van der Waals surface area contributed by atoms with Crippen LogP contribution in [0.2, 0.25) is 0 Å². The number of ether oxygens (including phenoxy) is 2. The van der Waals surface area contributed by atoms with Gasteiger partial charge in [-0.2, -0.15) is 4.31 Å². The van der Waals surface area contributed by atoms with Crippen LogP contribution in [0.4, 0.5) is 0 Å². The van der Waals surface area contributed by atoms with Crippen molar-refractivity contribution in [3.05, 3.63) is 54.2 Å². The van der Waals surface area contributed by atoms with Gasteiger partial charge in [0.1, 0.15) is 17.8 Å². The monoisotopic (exact) mass is 470 g/mol. The molecule has 1 unspecified atom stereocenters. The predicted molar refractivity (Wildman–Crippen MR) is 127 cm³/mol. The van der Waals surface area contributed by atoms with Crippen LogP contribution in [0.15, 0.2) is 53.6 Å². The zero-order valence-electron chi connectivity index (χ0n) is 19.2. The molecule has 1 atom stereocenters. The van der Waals surface area contributed by atoms with Gasteiger partial charge in [-0.3, -0.25) is 0 Å². The highest BCUT2D eigenvalue weighted by Gasteiger charge is 2.34. The Morgan fingerprint density at radius 3 is 2.52 bits per heavy atom. The van der Waals surface area contributed by atoms with Gasteiger partial charge >= 0.3 is 0 Å². The fraction of sp³-hybridized carbons (Fsp3) is 0.400. The van der Waals surface area contributed by atoms with E-state index in [4.69, 9.17) is 9.47 Å². The maximum absolute atomic E-state index is 13.2. The summed E-state index contributed by atoms with van der Waals surface area (Å²) in [5.41, 5.74) is 1.98. The van der Waals surface area contributed by atoms with Crippen molar-refractivity contribution in [2.45, 2.75) is 50.7 Å². The molecule has 0 saturated carbocycles. The summed E-state index contributed by atoms with van der Waals surface area (Å²) < 4.78 is 41.2. The maximum atomic E-state index is 13.2. The highest BCUT2D eigenvalue weighted by Crippen LogP contribution is 2.37. The average molecular weight is 471 g/mol. The van der Waals surface area contributed by atoms with Crippen LogP contribution in [0.3, 0.4) is 0 Å². The number of fused-ring (bicyclic) bond motifs is 1. The van der Waals surface area contributed by atoms with Gasteiger partial charge in [0.05, 0.1) is 29.7 Å². The summed E-state index contributed by atoms with van der Waals surface area (Å²) in [5.74, 6) is 1.46. The first-order valence-electron chi connectivity index (χ1n) is 11.3. The first-order chi connectivity index (χ1) is 15.8. The van der Waals surface area contributed by atoms with Gasteiger partial charge in [-0.25, -0.2) is 8.42 Å². The zero-order valence-corrected chi connectivity index (χ0v) is 20.0. The molecule has 1 aromatic heterocycles. The van der Waals surface area contributed by atoms with Crippen LogP contribution in [-0.4, -0.2) is 49.4 Å². The van der Waals surface area contributed by atoms with Gasteiger partial charge < -0.3 is 18.8 Å². The van der Waals surface area contributed by atoms with Crippen LogP contribution < -0.4 is 9.47 Å². The maximum Gasteiger partial charge on any atom is 0.243 e. The number of rotatable bonds is 9. The topological polar surface area (TPSA) is 77.8 Å². The normalized spacial score (nSPS) is 17.0. The summed E-state index contributed by atoms with van der Waals surface area (Å²) in [6, 6.07) is 12.5. The van der Waals surface area contributed by atoms with E-state index in [1.807, 2.05) is 49.7 Å². The molecule has 3 aromatic rings. The molecule has 33 heavy (non-hydrogen) atoms. The van der Waals surface area contributed by atoms with Gasteiger partial charge in [-0.15, -0.1) is 0 Å². The van der Waals surface area contributed by atoms with Crippen LogP contribution in [0.1, 0.15) is 38.7 Å². The van der Waals surface area contributed by atoms with Crippen molar-refractivity contribution in [2.24, 2.45) is 0 Å². The third-order valence-corrected chi connectivity index (χ3v) is 7.77. The number of aromatic nitrogens is 1. The summed E-state index contributed by atoms with van der Waals surface area (Å²) in [6.07, 6.45) is 3.60. The van der Waals surface area contributed by atoms with E-state index in [1.54, 1.807) is 28.6 Å². The minimum atomic E-state index is -3.60. The Morgan fingerprint density at radius 1 is 1.12 bits per heavy atom. The minimum Gasteiger partial charge on any atom is -0.494 e. The summed E-state index contributed by atoms with van der Waals surface area (Å²) in [5, 5.41) is 1.03. The van der Waals surface area contributed by atoms with Crippen molar-refractivity contribution in [1.29, 1.82) is 0 Å². The van der Waals surface area contributed by atoms with Gasteiger partial charge in [0, 0.05) is 36.7 Å². The lowest BCUT2D eigenvalue weighted by atomic mass is 9.98. The molecule has 0 radical (unpaired) electrons. The van der Waals surface area contributed by atoms with Gasteiger partial charge in [0.2, 0.25) is 10.0 Å². The van der Waals surface area contributed by atoms with Gasteiger partial charge in [0.15, 0.2) is 0 Å². The SMILES string of the molecule is CCOc1ccc2c(C3CCN(S(=O)(=O)c4ccc(OC(C)C)cc4)C3)cn(CC=O)c2c1. The Labute approximate surface area is 195 Å². The summed E-state index contributed by atoms with van der Waals surface area (Å²) in [4.78, 5) is 11.5. The third-order valence-electron chi connectivity index (χ3n) is 5.89. The van der Waals surface area contributed by atoms with E-state index in [1.165, 1.54) is 0 Å². The van der Waals surface area contributed by atoms with Crippen molar-refractivity contribution < 1.29 is 22.7 Å². The Kier molecular flexibility index (Phi) is 6.76. The fourth-order valence-electron chi connectivity index (χ4n) is 4.43. The second-order valence-corrected chi connectivity index (χ2v) is 10.4. The van der Waals surface area contributed by atoms with E-state index in [2.05, 4.69) is 0 Å². The van der Waals surface area contributed by atoms with Crippen molar-refractivity contribution in [3.63, 3.8) is 0 Å². The van der Waals surface area contributed by atoms with E-state index in [0.717, 1.165) is 34.9 Å². The molecule has 8 heteroatoms. The predicted octanol–water partition coefficient (Wildman–Crippen LogP) is 4.20. The fourth-order valence-corrected chi connectivity index (χ4v) is 5.93. The molecule has 1 aliphatic rings. The molecule has 2 aromatic carbocycles. The van der Waals surface area contributed by atoms with Gasteiger partial charge in [-0.1, -0.05) is 0 Å². The van der Waals surface area contributed by atoms with Crippen LogP contribution in [0.25, 0.3) is 10.9 Å². The first kappa shape index (κ1) is 23.3. The van der Waals surface area contributed by atoms with Crippen LogP contribution >= 0.6 is 0 Å². The number of nitrogens with zero attached hydrogens (tertiary/aromatic N) is 2. The van der Waals surface area contributed by atoms with Crippen molar-refractivity contribution >= 4 is 27.2 Å². The molecule has 2 heterocycles. The van der Waals surface area contributed by atoms with Crippen LogP contribution in [0, 0.1) is 0 Å². The lowest BCUT2D eigenvalue weighted by molar-refractivity contribution is -0.108. The molecule has 7 nitrogen and oxygen atoms in total. The molecular weight excluding hydrogens is 440 g/mol. The largest absolute Gasteiger partial charge is 0.494 e. The van der Waals surface area contributed by atoms with E-state index >= 15 is 0 Å². The molecule has 0 aliphatic carbocycles. The van der Waals surface area contributed by atoms with E-state index in [0.29, 0.717) is 25.4 Å². The molecule has 176 valence electrons. The number of carbonyl (C=O) groups excluding carboxylic acids is 1.